The van der Waals surface area contributed by atoms with Gasteiger partial charge in [-0.25, -0.2) is 0 Å². The lowest BCUT2D eigenvalue weighted by molar-refractivity contribution is 0.365. The third kappa shape index (κ3) is 1.66. The molecule has 2 aromatic rings. The molecule has 1 aliphatic carbocycles. The number of hydrogen-bond donors (Lipinski definition) is 1. The molecule has 0 aliphatic heterocycles. The largest absolute Gasteiger partial charge is 0.508 e. The Labute approximate surface area is 112 Å². The highest BCUT2D eigenvalue weighted by Crippen LogP contribution is 2.73. The van der Waals surface area contributed by atoms with Crippen LogP contribution in [-0.2, 0) is 0 Å². The zero-order valence-electron chi connectivity index (χ0n) is 11.6. The molecule has 19 heavy (non-hydrogen) atoms. The number of phenolic OH excluding ortho intramolecular Hbond substituents is 1. The minimum absolute atomic E-state index is 0.176. The van der Waals surface area contributed by atoms with Gasteiger partial charge >= 0.3 is 0 Å². The molecule has 0 spiro atoms. The van der Waals surface area contributed by atoms with Crippen LogP contribution in [0.2, 0.25) is 0 Å². The molecule has 0 amide bonds. The monoisotopic (exact) mass is 258 g/mol. The smallest absolute Gasteiger partial charge is 0.231 e. The second-order valence-corrected chi connectivity index (χ2v) is 6.38. The topological polar surface area (TPSA) is 59.2 Å². The van der Waals surface area contributed by atoms with E-state index in [-0.39, 0.29) is 16.6 Å². The molecule has 0 atom stereocenters. The van der Waals surface area contributed by atoms with E-state index in [0.717, 1.165) is 5.56 Å². The summed E-state index contributed by atoms with van der Waals surface area (Å²) in [6.45, 7) is 8.87. The Morgan fingerprint density at radius 2 is 1.84 bits per heavy atom. The van der Waals surface area contributed by atoms with Gasteiger partial charge in [-0.3, -0.25) is 0 Å². The van der Waals surface area contributed by atoms with Crippen LogP contribution in [0.3, 0.4) is 0 Å². The fourth-order valence-electron chi connectivity index (χ4n) is 2.93. The van der Waals surface area contributed by atoms with Crippen molar-refractivity contribution in [1.29, 1.82) is 0 Å². The highest BCUT2D eigenvalue weighted by molar-refractivity contribution is 5.56. The Balaban J connectivity index is 1.94. The van der Waals surface area contributed by atoms with E-state index in [2.05, 4.69) is 37.8 Å². The average molecular weight is 258 g/mol. The Morgan fingerprint density at radius 3 is 2.42 bits per heavy atom. The highest BCUT2D eigenvalue weighted by Gasteiger charge is 2.67. The summed E-state index contributed by atoms with van der Waals surface area (Å²) in [7, 11) is 0. The predicted octanol–water partition coefficient (Wildman–Crippen LogP) is 3.59. The summed E-state index contributed by atoms with van der Waals surface area (Å²) in [5.74, 6) is 1.72. The first kappa shape index (κ1) is 12.2. The summed E-state index contributed by atoms with van der Waals surface area (Å²) < 4.78 is 5.41. The molecule has 0 radical (unpaired) electrons. The van der Waals surface area contributed by atoms with E-state index < -0.39 is 0 Å². The molecule has 0 unspecified atom stereocenters. The van der Waals surface area contributed by atoms with Crippen LogP contribution in [0.5, 0.6) is 5.75 Å². The van der Waals surface area contributed by atoms with Gasteiger partial charge in [-0.15, -0.1) is 0 Å². The van der Waals surface area contributed by atoms with E-state index in [1.54, 1.807) is 18.2 Å². The normalized spacial score (nSPS) is 20.4. The standard InChI is InChI=1S/C15H18N2O2/c1-14(2)11(15(14,3)4)13-16-12(17-19-13)9-6-5-7-10(18)8-9/h5-8,11,18H,1-4H3. The SMILES string of the molecule is CC1(C)C(c2nc(-c3cccc(O)c3)no2)C1(C)C. The fourth-order valence-corrected chi connectivity index (χ4v) is 2.93. The maximum Gasteiger partial charge on any atom is 0.231 e. The van der Waals surface area contributed by atoms with E-state index in [0.29, 0.717) is 17.6 Å². The molecule has 1 aromatic heterocycles. The molecular weight excluding hydrogens is 240 g/mol. The van der Waals surface area contributed by atoms with Crippen molar-refractivity contribution in [3.05, 3.63) is 30.2 Å². The molecule has 1 aromatic carbocycles. The second kappa shape index (κ2) is 3.59. The second-order valence-electron chi connectivity index (χ2n) is 6.38. The Kier molecular flexibility index (Phi) is 2.31. The fraction of sp³-hybridized carbons (Fsp3) is 0.467. The van der Waals surface area contributed by atoms with Gasteiger partial charge in [0.15, 0.2) is 0 Å². The van der Waals surface area contributed by atoms with Gasteiger partial charge in [0.25, 0.3) is 0 Å². The number of hydrogen-bond acceptors (Lipinski definition) is 4. The van der Waals surface area contributed by atoms with E-state index in [9.17, 15) is 5.11 Å². The van der Waals surface area contributed by atoms with Crippen molar-refractivity contribution < 1.29 is 9.63 Å². The number of aromatic hydroxyl groups is 1. The lowest BCUT2D eigenvalue weighted by Crippen LogP contribution is -1.95. The zero-order valence-corrected chi connectivity index (χ0v) is 11.6. The first-order valence-electron chi connectivity index (χ1n) is 6.47. The van der Waals surface area contributed by atoms with Gasteiger partial charge < -0.3 is 9.63 Å². The Bertz CT molecular complexity index is 615. The molecule has 1 saturated carbocycles. The third-order valence-electron chi connectivity index (χ3n) is 4.81. The third-order valence-corrected chi connectivity index (χ3v) is 4.81. The Hall–Kier alpha value is -1.84. The first-order chi connectivity index (χ1) is 8.84. The predicted molar refractivity (Wildman–Crippen MR) is 71.7 cm³/mol. The molecule has 1 fully saturated rings. The lowest BCUT2D eigenvalue weighted by Gasteiger charge is -2.03. The van der Waals surface area contributed by atoms with Gasteiger partial charge in [0.05, 0.1) is 0 Å². The van der Waals surface area contributed by atoms with Crippen LogP contribution in [0.4, 0.5) is 0 Å². The maximum atomic E-state index is 9.48. The molecule has 1 aliphatic rings. The summed E-state index contributed by atoms with van der Waals surface area (Å²) in [6.07, 6.45) is 0. The van der Waals surface area contributed by atoms with Crippen LogP contribution in [0, 0.1) is 10.8 Å². The number of phenols is 1. The molecule has 3 rings (SSSR count). The number of aromatic nitrogens is 2. The van der Waals surface area contributed by atoms with Gasteiger partial charge in [0.2, 0.25) is 11.7 Å². The van der Waals surface area contributed by atoms with E-state index in [4.69, 9.17) is 4.52 Å². The molecule has 0 bridgehead atoms. The summed E-state index contributed by atoms with van der Waals surface area (Å²) in [5.41, 5.74) is 1.12. The molecule has 1 N–H and O–H groups in total. The van der Waals surface area contributed by atoms with Gasteiger partial charge in [-0.05, 0) is 23.0 Å². The van der Waals surface area contributed by atoms with Gasteiger partial charge in [-0.1, -0.05) is 45.0 Å². The van der Waals surface area contributed by atoms with Crippen molar-refractivity contribution in [3.63, 3.8) is 0 Å². The quantitative estimate of drug-likeness (QED) is 0.894. The first-order valence-corrected chi connectivity index (χ1v) is 6.47. The number of nitrogens with zero attached hydrogens (tertiary/aromatic N) is 2. The zero-order chi connectivity index (χ0) is 13.8. The molecule has 4 heteroatoms. The van der Waals surface area contributed by atoms with Crippen LogP contribution < -0.4 is 0 Å². The van der Waals surface area contributed by atoms with Crippen LogP contribution in [0.25, 0.3) is 11.4 Å². The molecule has 4 nitrogen and oxygen atoms in total. The summed E-state index contributed by atoms with van der Waals surface area (Å²) in [5, 5.41) is 13.5. The van der Waals surface area contributed by atoms with Crippen LogP contribution >= 0.6 is 0 Å². The van der Waals surface area contributed by atoms with Crippen molar-refractivity contribution in [3.8, 4) is 17.1 Å². The maximum absolute atomic E-state index is 9.48. The molecule has 100 valence electrons. The number of benzene rings is 1. The molecule has 0 saturated heterocycles. The van der Waals surface area contributed by atoms with Gasteiger partial charge in [-0.2, -0.15) is 4.98 Å². The van der Waals surface area contributed by atoms with Crippen molar-refractivity contribution in [2.75, 3.05) is 0 Å². The highest BCUT2D eigenvalue weighted by atomic mass is 16.5. The molecular formula is C15H18N2O2. The Morgan fingerprint density at radius 1 is 1.16 bits per heavy atom. The van der Waals surface area contributed by atoms with Crippen molar-refractivity contribution in [2.45, 2.75) is 33.6 Å². The van der Waals surface area contributed by atoms with Crippen molar-refractivity contribution >= 4 is 0 Å². The van der Waals surface area contributed by atoms with Crippen LogP contribution in [0.1, 0.15) is 39.5 Å². The summed E-state index contributed by atoms with van der Waals surface area (Å²) >= 11 is 0. The van der Waals surface area contributed by atoms with Crippen LogP contribution in [0.15, 0.2) is 28.8 Å². The van der Waals surface area contributed by atoms with E-state index >= 15 is 0 Å². The van der Waals surface area contributed by atoms with E-state index in [1.807, 2.05) is 6.07 Å². The molecule has 1 heterocycles. The van der Waals surface area contributed by atoms with Crippen LogP contribution in [-0.4, -0.2) is 15.2 Å². The minimum atomic E-state index is 0.176. The lowest BCUT2D eigenvalue weighted by atomic mass is 10.0. The average Bonchev–Trinajstić information content (AvgIpc) is 2.70. The van der Waals surface area contributed by atoms with Crippen molar-refractivity contribution in [2.24, 2.45) is 10.8 Å². The van der Waals surface area contributed by atoms with Gasteiger partial charge in [0.1, 0.15) is 5.75 Å². The minimum Gasteiger partial charge on any atom is -0.508 e. The van der Waals surface area contributed by atoms with Gasteiger partial charge in [0, 0.05) is 11.5 Å². The summed E-state index contributed by atoms with van der Waals surface area (Å²) in [6, 6.07) is 6.89. The van der Waals surface area contributed by atoms with Crippen molar-refractivity contribution in [1.82, 2.24) is 10.1 Å². The number of rotatable bonds is 2. The summed E-state index contributed by atoms with van der Waals surface area (Å²) in [4.78, 5) is 4.49. The van der Waals surface area contributed by atoms with E-state index in [1.165, 1.54) is 0 Å².